The Kier molecular flexibility index (Phi) is 2.95. The molecule has 0 radical (unpaired) electrons. The molecule has 1 atom stereocenters. The first-order chi connectivity index (χ1) is 5.77. The maximum atomic E-state index is 5.43. The van der Waals surface area contributed by atoms with E-state index in [1.54, 1.807) is 0 Å². The highest BCUT2D eigenvalue weighted by Crippen LogP contribution is 2.18. The van der Waals surface area contributed by atoms with Crippen LogP contribution in [0.2, 0.25) is 0 Å². The summed E-state index contributed by atoms with van der Waals surface area (Å²) >= 11 is 0. The molecule has 0 aliphatic carbocycles. The fraction of sp³-hybridized carbons (Fsp3) is 0.400. The average molecular weight is 163 g/mol. The van der Waals surface area contributed by atoms with Crippen molar-refractivity contribution in [1.82, 2.24) is 5.32 Å². The third-order valence-electron chi connectivity index (χ3n) is 1.78. The van der Waals surface area contributed by atoms with Gasteiger partial charge < -0.3 is 9.73 Å². The molecule has 0 aliphatic rings. The summed E-state index contributed by atoms with van der Waals surface area (Å²) < 4.78 is 5.43. The predicted octanol–water partition coefficient (Wildman–Crippen LogP) is 1.87. The molecule has 0 aromatic carbocycles. The maximum absolute atomic E-state index is 5.43. The fourth-order valence-corrected chi connectivity index (χ4v) is 1.10. The molecule has 0 bridgehead atoms. The van der Waals surface area contributed by atoms with Gasteiger partial charge in [0.05, 0.1) is 6.04 Å². The second-order valence-corrected chi connectivity index (χ2v) is 2.70. The SMILES string of the molecule is C#CCC(NC)c1ccc(C)o1. The summed E-state index contributed by atoms with van der Waals surface area (Å²) in [5, 5.41) is 3.10. The van der Waals surface area contributed by atoms with E-state index in [4.69, 9.17) is 10.8 Å². The van der Waals surface area contributed by atoms with E-state index < -0.39 is 0 Å². The van der Waals surface area contributed by atoms with Gasteiger partial charge in [-0.2, -0.15) is 0 Å². The molecule has 1 unspecified atom stereocenters. The van der Waals surface area contributed by atoms with Crippen molar-refractivity contribution in [3.05, 3.63) is 23.7 Å². The summed E-state index contributed by atoms with van der Waals surface area (Å²) in [5.74, 6) is 4.43. The molecule has 1 N–H and O–H groups in total. The van der Waals surface area contributed by atoms with Crippen molar-refractivity contribution >= 4 is 0 Å². The monoisotopic (exact) mass is 163 g/mol. The predicted molar refractivity (Wildman–Crippen MR) is 48.7 cm³/mol. The van der Waals surface area contributed by atoms with Gasteiger partial charge in [-0.15, -0.1) is 12.3 Å². The minimum absolute atomic E-state index is 0.142. The van der Waals surface area contributed by atoms with Crippen LogP contribution < -0.4 is 5.32 Å². The molecular formula is C10H13NO. The molecule has 1 rings (SSSR count). The smallest absolute Gasteiger partial charge is 0.122 e. The Bertz CT molecular complexity index is 282. The highest BCUT2D eigenvalue weighted by molar-refractivity contribution is 5.11. The summed E-state index contributed by atoms with van der Waals surface area (Å²) in [7, 11) is 1.87. The lowest BCUT2D eigenvalue weighted by atomic mass is 10.2. The normalized spacial score (nSPS) is 12.4. The lowest BCUT2D eigenvalue weighted by Gasteiger charge is -2.08. The van der Waals surface area contributed by atoms with Crippen molar-refractivity contribution in [2.75, 3.05) is 7.05 Å². The van der Waals surface area contributed by atoms with Crippen LogP contribution in [0.3, 0.4) is 0 Å². The summed E-state index contributed by atoms with van der Waals surface area (Å²) in [6.45, 7) is 1.92. The van der Waals surface area contributed by atoms with Gasteiger partial charge in [-0.3, -0.25) is 0 Å². The van der Waals surface area contributed by atoms with Gasteiger partial charge in [-0.1, -0.05) is 0 Å². The molecule has 1 aromatic heterocycles. The van der Waals surface area contributed by atoms with Crippen molar-refractivity contribution in [2.24, 2.45) is 0 Å². The number of nitrogens with one attached hydrogen (secondary N) is 1. The van der Waals surface area contributed by atoms with E-state index in [0.717, 1.165) is 11.5 Å². The van der Waals surface area contributed by atoms with E-state index in [1.165, 1.54) is 0 Å². The second kappa shape index (κ2) is 3.99. The molecule has 0 fully saturated rings. The molecule has 1 heterocycles. The largest absolute Gasteiger partial charge is 0.465 e. The highest BCUT2D eigenvalue weighted by atomic mass is 16.3. The van der Waals surface area contributed by atoms with Crippen LogP contribution in [0.4, 0.5) is 0 Å². The molecule has 12 heavy (non-hydrogen) atoms. The van der Waals surface area contributed by atoms with Gasteiger partial charge in [0.2, 0.25) is 0 Å². The number of hydrogen-bond donors (Lipinski definition) is 1. The van der Waals surface area contributed by atoms with Crippen molar-refractivity contribution < 1.29 is 4.42 Å². The standard InChI is InChI=1S/C10H13NO/c1-4-5-9(11-3)10-7-6-8(2)12-10/h1,6-7,9,11H,5H2,2-3H3. The maximum Gasteiger partial charge on any atom is 0.122 e. The molecule has 0 spiro atoms. The first-order valence-electron chi connectivity index (χ1n) is 3.95. The quantitative estimate of drug-likeness (QED) is 0.688. The minimum Gasteiger partial charge on any atom is -0.465 e. The number of hydrogen-bond acceptors (Lipinski definition) is 2. The van der Waals surface area contributed by atoms with Crippen LogP contribution in [-0.2, 0) is 0 Å². The Morgan fingerprint density at radius 3 is 2.83 bits per heavy atom. The molecule has 2 nitrogen and oxygen atoms in total. The van der Waals surface area contributed by atoms with E-state index >= 15 is 0 Å². The summed E-state index contributed by atoms with van der Waals surface area (Å²) in [5.41, 5.74) is 0. The van der Waals surface area contributed by atoms with Gasteiger partial charge in [-0.05, 0) is 26.1 Å². The van der Waals surface area contributed by atoms with Gasteiger partial charge in [0.1, 0.15) is 11.5 Å². The van der Waals surface area contributed by atoms with Crippen LogP contribution in [0.25, 0.3) is 0 Å². The molecule has 0 amide bonds. The van der Waals surface area contributed by atoms with Gasteiger partial charge in [0.15, 0.2) is 0 Å². The van der Waals surface area contributed by atoms with E-state index in [1.807, 2.05) is 26.1 Å². The Morgan fingerprint density at radius 1 is 1.67 bits per heavy atom. The van der Waals surface area contributed by atoms with Crippen molar-refractivity contribution in [3.8, 4) is 12.3 Å². The van der Waals surface area contributed by atoms with Crippen LogP contribution in [0, 0.1) is 19.3 Å². The molecule has 64 valence electrons. The van der Waals surface area contributed by atoms with Crippen molar-refractivity contribution in [3.63, 3.8) is 0 Å². The average Bonchev–Trinajstić information content (AvgIpc) is 2.47. The van der Waals surface area contributed by atoms with Crippen molar-refractivity contribution in [1.29, 1.82) is 0 Å². The van der Waals surface area contributed by atoms with E-state index in [9.17, 15) is 0 Å². The van der Waals surface area contributed by atoms with Gasteiger partial charge in [0, 0.05) is 6.42 Å². The number of rotatable bonds is 3. The zero-order chi connectivity index (χ0) is 8.97. The zero-order valence-corrected chi connectivity index (χ0v) is 7.42. The van der Waals surface area contributed by atoms with Gasteiger partial charge in [0.25, 0.3) is 0 Å². The number of aryl methyl sites for hydroxylation is 1. The Hall–Kier alpha value is -1.20. The van der Waals surface area contributed by atoms with Gasteiger partial charge in [-0.25, -0.2) is 0 Å². The van der Waals surface area contributed by atoms with Crippen LogP contribution in [-0.4, -0.2) is 7.05 Å². The molecule has 0 saturated heterocycles. The second-order valence-electron chi connectivity index (χ2n) is 2.70. The lowest BCUT2D eigenvalue weighted by Crippen LogP contribution is -2.14. The Balaban J connectivity index is 2.74. The molecule has 1 aromatic rings. The van der Waals surface area contributed by atoms with Crippen LogP contribution in [0.1, 0.15) is 24.0 Å². The summed E-state index contributed by atoms with van der Waals surface area (Å²) in [6, 6.07) is 4.04. The first kappa shape index (κ1) is 8.89. The topological polar surface area (TPSA) is 25.2 Å². The van der Waals surface area contributed by atoms with E-state index in [0.29, 0.717) is 6.42 Å². The fourth-order valence-electron chi connectivity index (χ4n) is 1.10. The van der Waals surface area contributed by atoms with Gasteiger partial charge >= 0.3 is 0 Å². The Morgan fingerprint density at radius 2 is 2.42 bits per heavy atom. The lowest BCUT2D eigenvalue weighted by molar-refractivity contribution is 0.420. The number of furan rings is 1. The third kappa shape index (κ3) is 1.90. The van der Waals surface area contributed by atoms with E-state index in [-0.39, 0.29) is 6.04 Å². The van der Waals surface area contributed by atoms with Crippen LogP contribution >= 0.6 is 0 Å². The summed E-state index contributed by atoms with van der Waals surface area (Å²) in [4.78, 5) is 0. The zero-order valence-electron chi connectivity index (χ0n) is 7.42. The summed E-state index contributed by atoms with van der Waals surface area (Å²) in [6.07, 6.45) is 5.87. The number of terminal acetylenes is 1. The molecule has 2 heteroatoms. The molecule has 0 saturated carbocycles. The minimum atomic E-state index is 0.142. The van der Waals surface area contributed by atoms with Crippen LogP contribution in [0.5, 0.6) is 0 Å². The molecule has 0 aliphatic heterocycles. The highest BCUT2D eigenvalue weighted by Gasteiger charge is 2.10. The van der Waals surface area contributed by atoms with Crippen molar-refractivity contribution in [2.45, 2.75) is 19.4 Å². The third-order valence-corrected chi connectivity index (χ3v) is 1.78. The van der Waals surface area contributed by atoms with Crippen LogP contribution in [0.15, 0.2) is 16.5 Å². The van der Waals surface area contributed by atoms with E-state index in [2.05, 4.69) is 11.2 Å². The Labute approximate surface area is 73.0 Å². The molecular weight excluding hydrogens is 150 g/mol. The first-order valence-corrected chi connectivity index (χ1v) is 3.95.